The lowest BCUT2D eigenvalue weighted by Crippen LogP contribution is -2.17. The minimum absolute atomic E-state index is 0.488. The number of benzene rings is 2. The highest BCUT2D eigenvalue weighted by Crippen LogP contribution is 2.37. The van der Waals surface area contributed by atoms with E-state index in [1.54, 1.807) is 12.4 Å². The Bertz CT molecular complexity index is 883. The van der Waals surface area contributed by atoms with Crippen molar-refractivity contribution in [2.75, 3.05) is 38.0 Å². The van der Waals surface area contributed by atoms with Crippen molar-refractivity contribution in [3.63, 3.8) is 0 Å². The second-order valence-corrected chi connectivity index (χ2v) is 6.24. The summed E-state index contributed by atoms with van der Waals surface area (Å²) in [7, 11) is 8.16. The summed E-state index contributed by atoms with van der Waals surface area (Å²) in [5.74, 6) is 0. The van der Waals surface area contributed by atoms with E-state index in [0.29, 0.717) is 5.71 Å². The normalized spacial score (nSPS) is 10.7. The van der Waals surface area contributed by atoms with E-state index >= 15 is 0 Å². The Morgan fingerprint density at radius 1 is 0.917 bits per heavy atom. The summed E-state index contributed by atoms with van der Waals surface area (Å²) in [6, 6.07) is 14.2. The summed E-state index contributed by atoms with van der Waals surface area (Å²) in [5, 5.41) is 11.0. The van der Waals surface area contributed by atoms with Crippen LogP contribution in [-0.2, 0) is 0 Å². The topological polar surface area (TPSA) is 43.2 Å². The van der Waals surface area contributed by atoms with Gasteiger partial charge in [0.1, 0.15) is 0 Å². The van der Waals surface area contributed by atoms with Crippen LogP contribution < -0.4 is 9.80 Å². The van der Waals surface area contributed by atoms with Gasteiger partial charge in [0, 0.05) is 62.8 Å². The highest BCUT2D eigenvalue weighted by molar-refractivity contribution is 6.19. The van der Waals surface area contributed by atoms with Crippen LogP contribution in [0.25, 0.3) is 10.8 Å². The summed E-state index contributed by atoms with van der Waals surface area (Å²) < 4.78 is 0. The molecule has 0 saturated heterocycles. The second-order valence-electron chi connectivity index (χ2n) is 6.24. The van der Waals surface area contributed by atoms with Crippen molar-refractivity contribution in [2.45, 2.75) is 0 Å². The molecule has 0 atom stereocenters. The van der Waals surface area contributed by atoms with Gasteiger partial charge < -0.3 is 9.80 Å². The molecule has 1 aromatic heterocycles. The predicted octanol–water partition coefficient (Wildman–Crippen LogP) is 3.78. The van der Waals surface area contributed by atoms with Crippen LogP contribution in [0.4, 0.5) is 11.4 Å². The van der Waals surface area contributed by atoms with Gasteiger partial charge in [-0.15, -0.1) is 0 Å². The second kappa shape index (κ2) is 6.32. The monoisotopic (exact) mass is 318 g/mol. The van der Waals surface area contributed by atoms with Gasteiger partial charge in [-0.3, -0.25) is 10.4 Å². The van der Waals surface area contributed by atoms with E-state index in [1.807, 2.05) is 46.4 Å². The third kappa shape index (κ3) is 2.71. The zero-order valence-corrected chi connectivity index (χ0v) is 14.5. The molecule has 0 aliphatic rings. The molecule has 24 heavy (non-hydrogen) atoms. The first kappa shape index (κ1) is 16.0. The van der Waals surface area contributed by atoms with Crippen LogP contribution in [0.1, 0.15) is 11.1 Å². The minimum atomic E-state index is 0.488. The smallest absolute Gasteiger partial charge is 0.0721 e. The average molecular weight is 318 g/mol. The van der Waals surface area contributed by atoms with Gasteiger partial charge in [-0.05, 0) is 23.6 Å². The molecule has 0 fully saturated rings. The molecule has 0 spiro atoms. The van der Waals surface area contributed by atoms with Crippen molar-refractivity contribution in [1.82, 2.24) is 4.98 Å². The first-order valence-corrected chi connectivity index (χ1v) is 7.90. The molecule has 3 rings (SSSR count). The number of nitrogens with one attached hydrogen (secondary N) is 1. The van der Waals surface area contributed by atoms with Crippen LogP contribution in [0.2, 0.25) is 0 Å². The van der Waals surface area contributed by atoms with Crippen molar-refractivity contribution < 1.29 is 0 Å². The fourth-order valence-corrected chi connectivity index (χ4v) is 3.05. The number of hydrogen-bond acceptors (Lipinski definition) is 4. The summed E-state index contributed by atoms with van der Waals surface area (Å²) in [4.78, 5) is 8.36. The number of hydrogen-bond donors (Lipinski definition) is 1. The number of fused-ring (bicyclic) bond motifs is 1. The van der Waals surface area contributed by atoms with Gasteiger partial charge in [0.05, 0.1) is 11.4 Å². The summed E-state index contributed by atoms with van der Waals surface area (Å²) in [6.45, 7) is 0. The van der Waals surface area contributed by atoms with Gasteiger partial charge in [0.2, 0.25) is 0 Å². The number of aromatic nitrogens is 1. The molecule has 0 radical (unpaired) electrons. The molecule has 0 saturated carbocycles. The Labute approximate surface area is 142 Å². The molecule has 1 heterocycles. The highest BCUT2D eigenvalue weighted by atomic mass is 15.1. The Kier molecular flexibility index (Phi) is 4.21. The number of nitrogens with zero attached hydrogens (tertiary/aromatic N) is 3. The Hall–Kier alpha value is -2.88. The van der Waals surface area contributed by atoms with Gasteiger partial charge in [-0.2, -0.15) is 0 Å². The van der Waals surface area contributed by atoms with Crippen molar-refractivity contribution >= 4 is 27.9 Å². The van der Waals surface area contributed by atoms with E-state index in [9.17, 15) is 0 Å². The largest absolute Gasteiger partial charge is 0.377 e. The molecule has 4 heteroatoms. The Morgan fingerprint density at radius 2 is 1.71 bits per heavy atom. The maximum Gasteiger partial charge on any atom is 0.0721 e. The van der Waals surface area contributed by atoms with Gasteiger partial charge in [0.25, 0.3) is 0 Å². The molecular weight excluding hydrogens is 296 g/mol. The third-order valence-electron chi connectivity index (χ3n) is 4.14. The minimum Gasteiger partial charge on any atom is -0.377 e. The Balaban J connectivity index is 2.32. The van der Waals surface area contributed by atoms with Gasteiger partial charge >= 0.3 is 0 Å². The SMILES string of the molecule is CN(C)c1cccc2ccc(C(=N)c3cccnc3)c(N(C)C)c12. The first-order chi connectivity index (χ1) is 11.5. The fraction of sp³-hybridized carbons (Fsp3) is 0.200. The quantitative estimate of drug-likeness (QED) is 0.744. The zero-order chi connectivity index (χ0) is 17.3. The van der Waals surface area contributed by atoms with E-state index in [0.717, 1.165) is 22.5 Å². The van der Waals surface area contributed by atoms with E-state index in [1.165, 1.54) is 10.8 Å². The standard InChI is InChI=1S/C20H22N4/c1-23(2)17-9-5-7-14-10-11-16(20(18(14)17)24(3)4)19(21)15-8-6-12-22-13-15/h5-13,21H,1-4H3. The van der Waals surface area contributed by atoms with Crippen LogP contribution in [0.3, 0.4) is 0 Å². The van der Waals surface area contributed by atoms with E-state index in [4.69, 9.17) is 5.41 Å². The summed E-state index contributed by atoms with van der Waals surface area (Å²) >= 11 is 0. The molecule has 0 bridgehead atoms. The highest BCUT2D eigenvalue weighted by Gasteiger charge is 2.17. The van der Waals surface area contributed by atoms with Gasteiger partial charge in [-0.1, -0.05) is 24.3 Å². The Morgan fingerprint density at radius 3 is 2.33 bits per heavy atom. The number of rotatable bonds is 4. The van der Waals surface area contributed by atoms with E-state index < -0.39 is 0 Å². The summed E-state index contributed by atoms with van der Waals surface area (Å²) in [6.07, 6.45) is 3.47. The van der Waals surface area contributed by atoms with E-state index in [2.05, 4.69) is 39.0 Å². The van der Waals surface area contributed by atoms with Crippen LogP contribution in [0.15, 0.2) is 54.9 Å². The third-order valence-corrected chi connectivity index (χ3v) is 4.14. The molecule has 0 unspecified atom stereocenters. The predicted molar refractivity (Wildman–Crippen MR) is 103 cm³/mol. The number of pyridine rings is 1. The molecule has 0 amide bonds. The maximum absolute atomic E-state index is 8.68. The lowest BCUT2D eigenvalue weighted by molar-refractivity contribution is 1.12. The van der Waals surface area contributed by atoms with Gasteiger partial charge in [-0.25, -0.2) is 0 Å². The van der Waals surface area contributed by atoms with Crippen molar-refractivity contribution in [2.24, 2.45) is 0 Å². The van der Waals surface area contributed by atoms with Crippen LogP contribution in [0.5, 0.6) is 0 Å². The van der Waals surface area contributed by atoms with Crippen LogP contribution in [-0.4, -0.2) is 38.9 Å². The molecule has 0 aliphatic heterocycles. The molecule has 2 aromatic carbocycles. The molecule has 3 aromatic rings. The average Bonchev–Trinajstić information content (AvgIpc) is 2.60. The van der Waals surface area contributed by atoms with E-state index in [-0.39, 0.29) is 0 Å². The maximum atomic E-state index is 8.68. The number of anilines is 2. The fourth-order valence-electron chi connectivity index (χ4n) is 3.05. The first-order valence-electron chi connectivity index (χ1n) is 7.90. The van der Waals surface area contributed by atoms with Crippen molar-refractivity contribution in [3.05, 3.63) is 66.0 Å². The van der Waals surface area contributed by atoms with Crippen LogP contribution >= 0.6 is 0 Å². The van der Waals surface area contributed by atoms with Crippen molar-refractivity contribution in [3.8, 4) is 0 Å². The van der Waals surface area contributed by atoms with Crippen LogP contribution in [0, 0.1) is 5.41 Å². The lowest BCUT2D eigenvalue weighted by Gasteiger charge is -2.24. The lowest BCUT2D eigenvalue weighted by atomic mass is 9.96. The molecule has 0 aliphatic carbocycles. The molecule has 1 N–H and O–H groups in total. The molecule has 122 valence electrons. The summed E-state index contributed by atoms with van der Waals surface area (Å²) in [5.41, 5.74) is 4.43. The molecule has 4 nitrogen and oxygen atoms in total. The van der Waals surface area contributed by atoms with Crippen molar-refractivity contribution in [1.29, 1.82) is 5.41 Å². The van der Waals surface area contributed by atoms with Gasteiger partial charge in [0.15, 0.2) is 0 Å². The zero-order valence-electron chi connectivity index (χ0n) is 14.5. The molecular formula is C20H22N4.